The molecule has 0 aliphatic rings. The van der Waals surface area contributed by atoms with Crippen molar-refractivity contribution >= 4 is 21.6 Å². The number of fused-ring (bicyclic) bond motifs is 1. The molecule has 0 unspecified atom stereocenters. The van der Waals surface area contributed by atoms with Crippen molar-refractivity contribution in [3.05, 3.63) is 118 Å². The summed E-state index contributed by atoms with van der Waals surface area (Å²) in [7, 11) is 5.38. The van der Waals surface area contributed by atoms with Crippen LogP contribution in [0.15, 0.2) is 89.9 Å². The molecule has 0 bridgehead atoms. The molecule has 7 heteroatoms. The van der Waals surface area contributed by atoms with Crippen molar-refractivity contribution in [1.82, 2.24) is 9.47 Å². The van der Waals surface area contributed by atoms with Gasteiger partial charge in [-0.05, 0) is 54.1 Å². The Bertz CT molecular complexity index is 1620. The minimum atomic E-state index is -0.326. The van der Waals surface area contributed by atoms with Crippen LogP contribution in [0.5, 0.6) is 11.5 Å². The fourth-order valence-electron chi connectivity index (χ4n) is 4.95. The predicted octanol–water partition coefficient (Wildman–Crippen LogP) is 5.92. The van der Waals surface area contributed by atoms with E-state index in [2.05, 4.69) is 28.6 Å². The highest BCUT2D eigenvalue weighted by Gasteiger charge is 2.22. The van der Waals surface area contributed by atoms with Crippen molar-refractivity contribution in [3.8, 4) is 21.9 Å². The zero-order valence-corrected chi connectivity index (χ0v) is 23.2. The number of ether oxygens (including phenoxy) is 2. The molecule has 39 heavy (non-hydrogen) atoms. The maximum absolute atomic E-state index is 13.8. The van der Waals surface area contributed by atoms with E-state index < -0.39 is 0 Å². The highest BCUT2D eigenvalue weighted by Crippen LogP contribution is 2.39. The first-order valence-corrected chi connectivity index (χ1v) is 13.6. The number of hydrogen-bond donors (Lipinski definition) is 1. The van der Waals surface area contributed by atoms with E-state index in [1.54, 1.807) is 31.8 Å². The van der Waals surface area contributed by atoms with Gasteiger partial charge in [0.15, 0.2) is 5.43 Å². The van der Waals surface area contributed by atoms with E-state index in [1.165, 1.54) is 5.56 Å². The Labute approximate surface area is 232 Å². The van der Waals surface area contributed by atoms with Crippen LogP contribution >= 0.6 is 11.3 Å². The second-order valence-corrected chi connectivity index (χ2v) is 10.6. The average Bonchev–Trinajstić information content (AvgIpc) is 3.34. The molecule has 0 amide bonds. The van der Waals surface area contributed by atoms with E-state index in [0.717, 1.165) is 44.4 Å². The van der Waals surface area contributed by atoms with Crippen LogP contribution in [0, 0.1) is 0 Å². The Morgan fingerprint density at radius 2 is 1.59 bits per heavy atom. The molecule has 0 atom stereocenters. The Balaban J connectivity index is 1.68. The number of para-hydroxylation sites is 1. The summed E-state index contributed by atoms with van der Waals surface area (Å²) in [4.78, 5) is 17.9. The van der Waals surface area contributed by atoms with Crippen LogP contribution < -0.4 is 14.9 Å². The van der Waals surface area contributed by atoms with Crippen LogP contribution in [-0.2, 0) is 26.2 Å². The highest BCUT2D eigenvalue weighted by molar-refractivity contribution is 7.22. The Morgan fingerprint density at radius 1 is 0.872 bits per heavy atom. The van der Waals surface area contributed by atoms with E-state index in [-0.39, 0.29) is 12.0 Å². The third kappa shape index (κ3) is 5.61. The largest absolute Gasteiger partial charge is 0.497 e. The minimum Gasteiger partial charge on any atom is -0.497 e. The number of aliphatic hydroxyl groups is 1. The Morgan fingerprint density at radius 3 is 2.28 bits per heavy atom. The van der Waals surface area contributed by atoms with Gasteiger partial charge in [-0.15, -0.1) is 11.3 Å². The van der Waals surface area contributed by atoms with Gasteiger partial charge >= 0.3 is 0 Å². The molecule has 0 saturated carbocycles. The standard InChI is InChI=1S/C32H32N2O4S/c1-33(17-22-9-5-4-6-10-22)20-27-29-30(36)25(21-35)19-34(18-24-11-7-8-12-28(24)38-3)32(29)39-31(27)23-13-15-26(37-2)16-14-23/h4-16,19,35H,17-18,20-21H2,1-3H3. The number of pyridine rings is 1. The maximum Gasteiger partial charge on any atom is 0.196 e. The summed E-state index contributed by atoms with van der Waals surface area (Å²) in [5.41, 5.74) is 4.44. The Hall–Kier alpha value is -3.91. The van der Waals surface area contributed by atoms with Crippen LogP contribution in [-0.4, -0.2) is 35.8 Å². The number of methoxy groups -OCH3 is 2. The average molecular weight is 541 g/mol. The zero-order valence-electron chi connectivity index (χ0n) is 22.4. The second kappa shape index (κ2) is 11.9. The van der Waals surface area contributed by atoms with Gasteiger partial charge < -0.3 is 19.1 Å². The maximum atomic E-state index is 13.8. The van der Waals surface area contributed by atoms with Gasteiger partial charge in [-0.25, -0.2) is 0 Å². The SMILES string of the molecule is COc1ccc(-c2sc3c(c2CN(C)Cc2ccccc2)c(=O)c(CO)cn3Cc2ccccc2OC)cc1. The lowest BCUT2D eigenvalue weighted by atomic mass is 10.0. The van der Waals surface area contributed by atoms with E-state index in [4.69, 9.17) is 9.47 Å². The third-order valence-electron chi connectivity index (χ3n) is 6.86. The van der Waals surface area contributed by atoms with Gasteiger partial charge in [0, 0.05) is 35.3 Å². The van der Waals surface area contributed by atoms with Gasteiger partial charge in [0.05, 0.1) is 32.8 Å². The van der Waals surface area contributed by atoms with Crippen LogP contribution in [0.4, 0.5) is 0 Å². The first-order chi connectivity index (χ1) is 19.0. The third-order valence-corrected chi connectivity index (χ3v) is 8.18. The molecule has 5 aromatic rings. The quantitative estimate of drug-likeness (QED) is 0.238. The molecule has 200 valence electrons. The molecule has 0 aliphatic carbocycles. The van der Waals surface area contributed by atoms with Crippen LogP contribution in [0.25, 0.3) is 20.7 Å². The second-order valence-electron chi connectivity index (χ2n) is 9.56. The van der Waals surface area contributed by atoms with E-state index in [9.17, 15) is 9.90 Å². The van der Waals surface area contributed by atoms with Gasteiger partial charge in [0.1, 0.15) is 16.3 Å². The molecule has 6 nitrogen and oxygen atoms in total. The summed E-state index contributed by atoms with van der Waals surface area (Å²) in [6.45, 7) is 1.51. The summed E-state index contributed by atoms with van der Waals surface area (Å²) in [6.07, 6.45) is 1.78. The molecule has 5 rings (SSSR count). The summed E-state index contributed by atoms with van der Waals surface area (Å²) in [5, 5.41) is 10.8. The molecule has 2 heterocycles. The summed E-state index contributed by atoms with van der Waals surface area (Å²) in [5.74, 6) is 1.56. The van der Waals surface area contributed by atoms with Crippen LogP contribution in [0.2, 0.25) is 0 Å². The molecule has 2 aromatic heterocycles. The van der Waals surface area contributed by atoms with E-state index in [0.29, 0.717) is 24.0 Å². The smallest absolute Gasteiger partial charge is 0.196 e. The van der Waals surface area contributed by atoms with Gasteiger partial charge in [-0.2, -0.15) is 0 Å². The lowest BCUT2D eigenvalue weighted by molar-refractivity contribution is 0.280. The first kappa shape index (κ1) is 26.7. The molecule has 1 N–H and O–H groups in total. The monoisotopic (exact) mass is 540 g/mol. The highest BCUT2D eigenvalue weighted by atomic mass is 32.1. The van der Waals surface area contributed by atoms with Gasteiger partial charge in [0.25, 0.3) is 0 Å². The zero-order chi connectivity index (χ0) is 27.4. The van der Waals surface area contributed by atoms with E-state index >= 15 is 0 Å². The van der Waals surface area contributed by atoms with Crippen LogP contribution in [0.1, 0.15) is 22.3 Å². The molecule has 0 aliphatic heterocycles. The van der Waals surface area contributed by atoms with E-state index in [1.807, 2.05) is 66.7 Å². The van der Waals surface area contributed by atoms with Crippen molar-refractivity contribution in [2.24, 2.45) is 0 Å². The summed E-state index contributed by atoms with van der Waals surface area (Å²) in [6, 6.07) is 26.1. The molecular formula is C32H32N2O4S. The lowest BCUT2D eigenvalue weighted by Gasteiger charge is -2.18. The molecule has 0 spiro atoms. The number of thiophene rings is 1. The summed E-state index contributed by atoms with van der Waals surface area (Å²) >= 11 is 1.60. The fraction of sp³-hybridized carbons (Fsp3) is 0.219. The normalized spacial score (nSPS) is 11.3. The number of rotatable bonds is 10. The van der Waals surface area contributed by atoms with Crippen molar-refractivity contribution in [2.45, 2.75) is 26.2 Å². The van der Waals surface area contributed by atoms with Gasteiger partial charge in [-0.3, -0.25) is 9.69 Å². The molecule has 3 aromatic carbocycles. The van der Waals surface area contributed by atoms with Gasteiger partial charge in [0.2, 0.25) is 0 Å². The first-order valence-electron chi connectivity index (χ1n) is 12.8. The van der Waals surface area contributed by atoms with Crippen LogP contribution in [0.3, 0.4) is 0 Å². The number of aromatic nitrogens is 1. The van der Waals surface area contributed by atoms with Gasteiger partial charge in [-0.1, -0.05) is 48.5 Å². The number of nitrogens with zero attached hydrogens (tertiary/aromatic N) is 2. The van der Waals surface area contributed by atoms with Crippen molar-refractivity contribution in [1.29, 1.82) is 0 Å². The Kier molecular flexibility index (Phi) is 8.12. The predicted molar refractivity (Wildman–Crippen MR) is 158 cm³/mol. The number of hydrogen-bond acceptors (Lipinski definition) is 6. The van der Waals surface area contributed by atoms with Crippen molar-refractivity contribution < 1.29 is 14.6 Å². The number of aliphatic hydroxyl groups excluding tert-OH is 1. The van der Waals surface area contributed by atoms with Crippen molar-refractivity contribution in [2.75, 3.05) is 21.3 Å². The number of benzene rings is 3. The molecule has 0 radical (unpaired) electrons. The molecule has 0 fully saturated rings. The fourth-order valence-corrected chi connectivity index (χ4v) is 6.24. The molecule has 0 saturated heterocycles. The summed E-state index contributed by atoms with van der Waals surface area (Å²) < 4.78 is 13.1. The minimum absolute atomic E-state index is 0.122. The van der Waals surface area contributed by atoms with Crippen molar-refractivity contribution in [3.63, 3.8) is 0 Å². The topological polar surface area (TPSA) is 63.9 Å². The lowest BCUT2D eigenvalue weighted by Crippen LogP contribution is -2.20. The molecular weight excluding hydrogens is 508 g/mol.